The minimum absolute atomic E-state index is 0.0512. The van der Waals surface area contributed by atoms with Crippen LogP contribution in [0.1, 0.15) is 168 Å². The maximum absolute atomic E-state index is 11.1. The highest BCUT2D eigenvalue weighted by Crippen LogP contribution is 2.36. The molecule has 0 aromatic heterocycles. The first kappa shape index (κ1) is 32.1. The molecule has 0 fully saturated rings. The molecule has 0 aromatic carbocycles. The zero-order valence-electron chi connectivity index (χ0n) is 21.9. The van der Waals surface area contributed by atoms with E-state index in [1.165, 1.54) is 135 Å². The molecule has 3 nitrogen and oxygen atoms in total. The first-order valence-electron chi connectivity index (χ1n) is 14.4. The molecule has 0 atom stereocenters. The van der Waals surface area contributed by atoms with E-state index in [2.05, 4.69) is 13.8 Å². The smallest absolute Gasteiger partial charge is 0.324 e. The highest BCUT2D eigenvalue weighted by atomic mass is 31.2. The van der Waals surface area contributed by atoms with Gasteiger partial charge < -0.3 is 9.79 Å². The molecule has 0 amide bonds. The fraction of sp³-hybridized carbons (Fsp3) is 0.964. The molecule has 0 aliphatic heterocycles. The van der Waals surface area contributed by atoms with E-state index in [4.69, 9.17) is 9.79 Å². The Balaban J connectivity index is 3.70. The van der Waals surface area contributed by atoms with Gasteiger partial charge in [0.25, 0.3) is 0 Å². The lowest BCUT2D eigenvalue weighted by atomic mass is 9.90. The Morgan fingerprint density at radius 3 is 1.06 bits per heavy atom. The molecule has 0 saturated heterocycles. The minimum Gasteiger partial charge on any atom is -0.324 e. The van der Waals surface area contributed by atoms with Crippen LogP contribution in [0.25, 0.3) is 0 Å². The summed E-state index contributed by atoms with van der Waals surface area (Å²) in [6.45, 7) is 4.54. The summed E-state index contributed by atoms with van der Waals surface area (Å²) in [5, 5.41) is 0. The van der Waals surface area contributed by atoms with Gasteiger partial charge in [0.05, 0.1) is 0 Å². The van der Waals surface area contributed by atoms with Crippen LogP contribution in [0.5, 0.6) is 0 Å². The van der Waals surface area contributed by atoms with Crippen LogP contribution in [0.4, 0.5) is 0 Å². The van der Waals surface area contributed by atoms with Crippen LogP contribution in [0.15, 0.2) is 0 Å². The van der Waals surface area contributed by atoms with Crippen LogP contribution in [0.3, 0.4) is 0 Å². The maximum atomic E-state index is 11.1. The standard InChI is InChI=1S/C28H58O3P/c1-3-5-7-9-10-11-12-13-14-15-16-17-19-21-25-28(24-20-18-8-6-4-2)26-22-23-27-32(29,30)31/h3-27H2,1-2H3,(H2,29,30,31). The minimum atomic E-state index is -3.82. The molecule has 0 aliphatic rings. The van der Waals surface area contributed by atoms with Crippen molar-refractivity contribution in [2.24, 2.45) is 0 Å². The van der Waals surface area contributed by atoms with Gasteiger partial charge in [-0.3, -0.25) is 4.57 Å². The van der Waals surface area contributed by atoms with Crippen LogP contribution in [0.2, 0.25) is 0 Å². The molecule has 4 heteroatoms. The van der Waals surface area contributed by atoms with Gasteiger partial charge in [0.1, 0.15) is 0 Å². The Morgan fingerprint density at radius 1 is 0.469 bits per heavy atom. The second-order valence-corrected chi connectivity index (χ2v) is 11.9. The van der Waals surface area contributed by atoms with E-state index in [1.54, 1.807) is 5.92 Å². The van der Waals surface area contributed by atoms with E-state index in [9.17, 15) is 4.57 Å². The quantitative estimate of drug-likeness (QED) is 0.0970. The first-order valence-corrected chi connectivity index (χ1v) is 16.2. The molecule has 1 radical (unpaired) electrons. The van der Waals surface area contributed by atoms with Crippen molar-refractivity contribution < 1.29 is 14.4 Å². The van der Waals surface area contributed by atoms with Crippen molar-refractivity contribution >= 4 is 7.60 Å². The highest BCUT2D eigenvalue weighted by Gasteiger charge is 2.14. The summed E-state index contributed by atoms with van der Waals surface area (Å²) in [6.07, 6.45) is 31.4. The van der Waals surface area contributed by atoms with Gasteiger partial charge in [0.2, 0.25) is 0 Å². The molecule has 0 saturated carbocycles. The number of hydrogen-bond donors (Lipinski definition) is 2. The molecule has 0 aromatic rings. The van der Waals surface area contributed by atoms with Crippen LogP contribution in [-0.4, -0.2) is 15.9 Å². The second kappa shape index (κ2) is 24.3. The third-order valence-electron chi connectivity index (χ3n) is 6.75. The first-order chi connectivity index (χ1) is 15.5. The molecule has 0 rings (SSSR count). The van der Waals surface area contributed by atoms with Crippen molar-refractivity contribution in [1.29, 1.82) is 0 Å². The Morgan fingerprint density at radius 2 is 0.750 bits per heavy atom. The molecule has 193 valence electrons. The van der Waals surface area contributed by atoms with Crippen LogP contribution < -0.4 is 0 Å². The molecule has 2 N–H and O–H groups in total. The average molecular weight is 474 g/mol. The molecule has 0 heterocycles. The summed E-state index contributed by atoms with van der Waals surface area (Å²) < 4.78 is 11.1. The third kappa shape index (κ3) is 26.4. The van der Waals surface area contributed by atoms with E-state index >= 15 is 0 Å². The predicted molar refractivity (Wildman–Crippen MR) is 142 cm³/mol. The van der Waals surface area contributed by atoms with Gasteiger partial charge in [-0.15, -0.1) is 0 Å². The Kier molecular flexibility index (Phi) is 24.4. The van der Waals surface area contributed by atoms with Crippen molar-refractivity contribution in [2.45, 2.75) is 168 Å². The molecule has 0 unspecified atom stereocenters. The summed E-state index contributed by atoms with van der Waals surface area (Å²) in [6, 6.07) is 0. The number of hydrogen-bond acceptors (Lipinski definition) is 1. The molecular formula is C28H58O3P. The highest BCUT2D eigenvalue weighted by molar-refractivity contribution is 7.51. The maximum Gasteiger partial charge on any atom is 0.325 e. The molecule has 0 bridgehead atoms. The van der Waals surface area contributed by atoms with Gasteiger partial charge in [-0.1, -0.05) is 142 Å². The fourth-order valence-corrected chi connectivity index (χ4v) is 5.25. The summed E-state index contributed by atoms with van der Waals surface area (Å²) in [4.78, 5) is 18.1. The topological polar surface area (TPSA) is 57.5 Å². The fourth-order valence-electron chi connectivity index (χ4n) is 4.62. The van der Waals surface area contributed by atoms with E-state index in [1.807, 2.05) is 0 Å². The van der Waals surface area contributed by atoms with Gasteiger partial charge in [0, 0.05) is 6.16 Å². The lowest BCUT2D eigenvalue weighted by Gasteiger charge is -2.16. The predicted octanol–water partition coefficient (Wildman–Crippen LogP) is 10.1. The second-order valence-electron chi connectivity index (χ2n) is 10.1. The Labute approximate surface area is 202 Å². The zero-order chi connectivity index (χ0) is 23.8. The molecule has 0 aliphatic carbocycles. The summed E-state index contributed by atoms with van der Waals surface area (Å²) in [5.41, 5.74) is 0. The van der Waals surface area contributed by atoms with Crippen molar-refractivity contribution in [3.63, 3.8) is 0 Å². The van der Waals surface area contributed by atoms with E-state index < -0.39 is 7.60 Å². The van der Waals surface area contributed by atoms with Crippen molar-refractivity contribution in [1.82, 2.24) is 0 Å². The number of unbranched alkanes of at least 4 members (excludes halogenated alkanes) is 18. The molecule has 0 spiro atoms. The van der Waals surface area contributed by atoms with E-state index in [-0.39, 0.29) is 6.16 Å². The van der Waals surface area contributed by atoms with Gasteiger partial charge in [-0.25, -0.2) is 0 Å². The van der Waals surface area contributed by atoms with E-state index in [0.717, 1.165) is 12.8 Å². The Bertz CT molecular complexity index is 407. The summed E-state index contributed by atoms with van der Waals surface area (Å²) in [7, 11) is -3.82. The largest absolute Gasteiger partial charge is 0.325 e. The van der Waals surface area contributed by atoms with Crippen molar-refractivity contribution in [2.75, 3.05) is 6.16 Å². The normalized spacial score (nSPS) is 12.2. The monoisotopic (exact) mass is 473 g/mol. The summed E-state index contributed by atoms with van der Waals surface area (Å²) in [5.74, 6) is 1.66. The van der Waals surface area contributed by atoms with Gasteiger partial charge >= 0.3 is 7.60 Å². The van der Waals surface area contributed by atoms with E-state index in [0.29, 0.717) is 6.42 Å². The lowest BCUT2D eigenvalue weighted by molar-refractivity contribution is 0.370. The van der Waals surface area contributed by atoms with Gasteiger partial charge in [-0.05, 0) is 31.6 Å². The van der Waals surface area contributed by atoms with Crippen LogP contribution >= 0.6 is 7.60 Å². The SMILES string of the molecule is CCCCCCCCCCCCCCCC[C](CCCCCCC)CCCCP(=O)(O)O. The van der Waals surface area contributed by atoms with Gasteiger partial charge in [-0.2, -0.15) is 0 Å². The molecular weight excluding hydrogens is 415 g/mol. The third-order valence-corrected chi connectivity index (χ3v) is 7.65. The van der Waals surface area contributed by atoms with Gasteiger partial charge in [0.15, 0.2) is 0 Å². The lowest BCUT2D eigenvalue weighted by Crippen LogP contribution is -2.00. The summed E-state index contributed by atoms with van der Waals surface area (Å²) >= 11 is 0. The zero-order valence-corrected chi connectivity index (χ0v) is 22.8. The van der Waals surface area contributed by atoms with Crippen molar-refractivity contribution in [3.8, 4) is 0 Å². The van der Waals surface area contributed by atoms with Crippen LogP contribution in [-0.2, 0) is 4.57 Å². The average Bonchev–Trinajstić information content (AvgIpc) is 2.75. The van der Waals surface area contributed by atoms with Crippen molar-refractivity contribution in [3.05, 3.63) is 5.92 Å². The number of rotatable bonds is 26. The molecule has 32 heavy (non-hydrogen) atoms. The van der Waals surface area contributed by atoms with Crippen LogP contribution in [0, 0.1) is 5.92 Å². The Hall–Kier alpha value is 0.150.